The normalized spacial score (nSPS) is 12.8. The standard InChI is InChI=1S/C9H10FN.C7H5FN2O3/c10-7-1-3-8(4-2-7)11-9-5-6-9;8-4-2-1-3-5(10(12)13)6(4)7(9)11/h1-4,9,11H,5-6H2;1-3H,(H2,9,11). The van der Waals surface area contributed by atoms with Crippen molar-refractivity contribution in [3.05, 3.63) is 69.8 Å². The second-order valence-electron chi connectivity index (χ2n) is 5.18. The van der Waals surface area contributed by atoms with Crippen molar-refractivity contribution in [3.63, 3.8) is 0 Å². The second-order valence-corrected chi connectivity index (χ2v) is 5.18. The number of nitro benzene ring substituents is 1. The molecular weight excluding hydrogens is 320 g/mol. The largest absolute Gasteiger partial charge is 0.382 e. The summed E-state index contributed by atoms with van der Waals surface area (Å²) in [5.41, 5.74) is 4.49. The van der Waals surface area contributed by atoms with Crippen LogP contribution in [0.4, 0.5) is 20.2 Å². The Kier molecular flexibility index (Phi) is 5.41. The highest BCUT2D eigenvalue weighted by Gasteiger charge is 2.22. The van der Waals surface area contributed by atoms with Gasteiger partial charge in [0.25, 0.3) is 11.6 Å². The Morgan fingerprint density at radius 3 is 2.25 bits per heavy atom. The van der Waals surface area contributed by atoms with E-state index >= 15 is 0 Å². The lowest BCUT2D eigenvalue weighted by Gasteiger charge is -2.02. The van der Waals surface area contributed by atoms with E-state index in [2.05, 4.69) is 5.32 Å². The van der Waals surface area contributed by atoms with Gasteiger partial charge in [-0.05, 0) is 43.2 Å². The van der Waals surface area contributed by atoms with E-state index in [-0.39, 0.29) is 5.82 Å². The van der Waals surface area contributed by atoms with E-state index in [9.17, 15) is 23.7 Å². The van der Waals surface area contributed by atoms with E-state index in [1.54, 1.807) is 12.1 Å². The predicted molar refractivity (Wildman–Crippen MR) is 84.6 cm³/mol. The third kappa shape index (κ3) is 4.73. The molecule has 0 saturated heterocycles. The molecule has 0 atom stereocenters. The summed E-state index contributed by atoms with van der Waals surface area (Å²) < 4.78 is 25.3. The fourth-order valence-corrected chi connectivity index (χ4v) is 1.92. The van der Waals surface area contributed by atoms with Gasteiger partial charge in [0.15, 0.2) is 5.56 Å². The van der Waals surface area contributed by atoms with Gasteiger partial charge in [0.2, 0.25) is 0 Å². The zero-order valence-electron chi connectivity index (χ0n) is 12.5. The van der Waals surface area contributed by atoms with E-state index < -0.39 is 27.9 Å². The van der Waals surface area contributed by atoms with Gasteiger partial charge >= 0.3 is 0 Å². The molecule has 0 radical (unpaired) electrons. The van der Waals surface area contributed by atoms with E-state index in [4.69, 9.17) is 5.73 Å². The molecule has 6 nitrogen and oxygen atoms in total. The van der Waals surface area contributed by atoms with Gasteiger partial charge in [-0.15, -0.1) is 0 Å². The lowest BCUT2D eigenvalue weighted by Crippen LogP contribution is -2.15. The van der Waals surface area contributed by atoms with Crippen LogP contribution in [0.1, 0.15) is 23.2 Å². The molecule has 1 aliphatic rings. The van der Waals surface area contributed by atoms with Crippen LogP contribution in [-0.2, 0) is 0 Å². The summed E-state index contributed by atoms with van der Waals surface area (Å²) in [5, 5.41) is 13.6. The highest BCUT2D eigenvalue weighted by molar-refractivity contribution is 5.97. The fourth-order valence-electron chi connectivity index (χ4n) is 1.92. The molecule has 126 valence electrons. The highest BCUT2D eigenvalue weighted by Crippen LogP contribution is 2.24. The number of hydrogen-bond donors (Lipinski definition) is 2. The van der Waals surface area contributed by atoms with Crippen LogP contribution >= 0.6 is 0 Å². The highest BCUT2D eigenvalue weighted by atomic mass is 19.1. The number of nitrogens with one attached hydrogen (secondary N) is 1. The fraction of sp³-hybridized carbons (Fsp3) is 0.188. The number of amides is 1. The second kappa shape index (κ2) is 7.49. The first-order valence-electron chi connectivity index (χ1n) is 7.13. The van der Waals surface area contributed by atoms with Gasteiger partial charge in [-0.1, -0.05) is 6.07 Å². The number of anilines is 1. The van der Waals surface area contributed by atoms with Crippen LogP contribution < -0.4 is 11.1 Å². The molecule has 24 heavy (non-hydrogen) atoms. The van der Waals surface area contributed by atoms with Gasteiger partial charge in [-0.3, -0.25) is 14.9 Å². The Labute approximate surface area is 136 Å². The van der Waals surface area contributed by atoms with Gasteiger partial charge in [-0.2, -0.15) is 0 Å². The van der Waals surface area contributed by atoms with E-state index in [1.807, 2.05) is 0 Å². The van der Waals surface area contributed by atoms with Gasteiger partial charge < -0.3 is 11.1 Å². The van der Waals surface area contributed by atoms with Crippen molar-refractivity contribution in [2.24, 2.45) is 5.73 Å². The molecule has 1 amide bonds. The molecule has 0 heterocycles. The first-order chi connectivity index (χ1) is 11.4. The number of primary amides is 1. The third-order valence-corrected chi connectivity index (χ3v) is 3.23. The van der Waals surface area contributed by atoms with Crippen molar-refractivity contribution in [2.45, 2.75) is 18.9 Å². The minimum atomic E-state index is -1.15. The van der Waals surface area contributed by atoms with Crippen LogP contribution in [0, 0.1) is 21.7 Å². The van der Waals surface area contributed by atoms with Crippen LogP contribution in [0.15, 0.2) is 42.5 Å². The summed E-state index contributed by atoms with van der Waals surface area (Å²) in [6, 6.07) is 10.2. The number of carbonyl (C=O) groups is 1. The van der Waals surface area contributed by atoms with Crippen LogP contribution in [0.5, 0.6) is 0 Å². The maximum absolute atomic E-state index is 12.9. The molecule has 2 aromatic rings. The molecule has 1 fully saturated rings. The molecule has 1 saturated carbocycles. The molecule has 0 spiro atoms. The van der Waals surface area contributed by atoms with Crippen molar-refractivity contribution in [1.29, 1.82) is 0 Å². The molecule has 1 aliphatic carbocycles. The van der Waals surface area contributed by atoms with Crippen molar-refractivity contribution < 1.29 is 18.5 Å². The summed E-state index contributed by atoms with van der Waals surface area (Å²) in [6.07, 6.45) is 2.49. The van der Waals surface area contributed by atoms with Crippen LogP contribution in [-0.4, -0.2) is 16.9 Å². The smallest absolute Gasteiger partial charge is 0.285 e. The first kappa shape index (κ1) is 17.3. The van der Waals surface area contributed by atoms with Gasteiger partial charge in [0, 0.05) is 17.8 Å². The summed E-state index contributed by atoms with van der Waals surface area (Å²) in [7, 11) is 0. The SMILES string of the molecule is Fc1ccc(NC2CC2)cc1.NC(=O)c1c(F)cccc1[N+](=O)[O-]. The molecule has 0 unspecified atom stereocenters. The maximum Gasteiger partial charge on any atom is 0.285 e. The van der Waals surface area contributed by atoms with Crippen LogP contribution in [0.25, 0.3) is 0 Å². The zero-order valence-corrected chi connectivity index (χ0v) is 12.5. The molecule has 8 heteroatoms. The van der Waals surface area contributed by atoms with Crippen molar-refractivity contribution >= 4 is 17.3 Å². The monoisotopic (exact) mass is 335 g/mol. The number of nitrogens with two attached hydrogens (primary N) is 1. The molecule has 2 aromatic carbocycles. The van der Waals surface area contributed by atoms with Crippen molar-refractivity contribution in [3.8, 4) is 0 Å². The summed E-state index contributed by atoms with van der Waals surface area (Å²) in [6.45, 7) is 0. The number of rotatable bonds is 4. The van der Waals surface area contributed by atoms with Gasteiger partial charge in [0.1, 0.15) is 11.6 Å². The summed E-state index contributed by atoms with van der Waals surface area (Å²) >= 11 is 0. The van der Waals surface area contributed by atoms with Gasteiger partial charge in [-0.25, -0.2) is 8.78 Å². The first-order valence-corrected chi connectivity index (χ1v) is 7.13. The molecule has 0 bridgehead atoms. The average molecular weight is 335 g/mol. The molecule has 0 aromatic heterocycles. The predicted octanol–water partition coefficient (Wildman–Crippen LogP) is 3.23. The zero-order chi connectivity index (χ0) is 17.7. The Balaban J connectivity index is 0.000000175. The van der Waals surface area contributed by atoms with E-state index in [0.29, 0.717) is 6.04 Å². The molecule has 0 aliphatic heterocycles. The number of nitro groups is 1. The molecule has 3 N–H and O–H groups in total. The molecular formula is C16H15F2N3O3. The Morgan fingerprint density at radius 1 is 1.17 bits per heavy atom. The third-order valence-electron chi connectivity index (χ3n) is 3.23. The van der Waals surface area contributed by atoms with Crippen molar-refractivity contribution in [1.82, 2.24) is 0 Å². The van der Waals surface area contributed by atoms with Crippen molar-refractivity contribution in [2.75, 3.05) is 5.32 Å². The topological polar surface area (TPSA) is 98.3 Å². The number of halogens is 2. The Hall–Kier alpha value is -3.03. The van der Waals surface area contributed by atoms with Crippen LogP contribution in [0.3, 0.4) is 0 Å². The Morgan fingerprint density at radius 2 is 1.79 bits per heavy atom. The lowest BCUT2D eigenvalue weighted by atomic mass is 10.1. The summed E-state index contributed by atoms with van der Waals surface area (Å²) in [5.74, 6) is -2.31. The average Bonchev–Trinajstić information content (AvgIpc) is 3.33. The number of benzene rings is 2. The number of carbonyl (C=O) groups excluding carboxylic acids is 1. The van der Waals surface area contributed by atoms with E-state index in [1.165, 1.54) is 25.0 Å². The number of hydrogen-bond acceptors (Lipinski definition) is 4. The van der Waals surface area contributed by atoms with Crippen LogP contribution in [0.2, 0.25) is 0 Å². The number of nitrogens with zero attached hydrogens (tertiary/aromatic N) is 1. The molecule has 3 rings (SSSR count). The minimum Gasteiger partial charge on any atom is -0.382 e. The quantitative estimate of drug-likeness (QED) is 0.662. The minimum absolute atomic E-state index is 0.175. The maximum atomic E-state index is 12.9. The Bertz CT molecular complexity index is 747. The summed E-state index contributed by atoms with van der Waals surface area (Å²) in [4.78, 5) is 20.1. The van der Waals surface area contributed by atoms with E-state index in [0.717, 1.165) is 23.9 Å². The van der Waals surface area contributed by atoms with Gasteiger partial charge in [0.05, 0.1) is 4.92 Å². The lowest BCUT2D eigenvalue weighted by molar-refractivity contribution is -0.385.